The van der Waals surface area contributed by atoms with E-state index in [0.717, 1.165) is 36.5 Å². The first kappa shape index (κ1) is 16.7. The number of piperazine rings is 1. The number of H-pyrrole nitrogens is 1. The van der Waals surface area contributed by atoms with Gasteiger partial charge in [0.1, 0.15) is 11.5 Å². The van der Waals surface area contributed by atoms with E-state index in [1.165, 1.54) is 0 Å². The summed E-state index contributed by atoms with van der Waals surface area (Å²) in [6.07, 6.45) is 8.69. The number of aromatic amines is 1. The van der Waals surface area contributed by atoms with Gasteiger partial charge in [-0.25, -0.2) is 9.97 Å². The van der Waals surface area contributed by atoms with Crippen LogP contribution in [0.5, 0.6) is 0 Å². The van der Waals surface area contributed by atoms with Crippen molar-refractivity contribution >= 4 is 22.6 Å². The Bertz CT molecular complexity index is 909. The van der Waals surface area contributed by atoms with Gasteiger partial charge in [0.2, 0.25) is 0 Å². The lowest BCUT2D eigenvalue weighted by molar-refractivity contribution is 0.0813. The van der Waals surface area contributed by atoms with Gasteiger partial charge in [0.05, 0.1) is 12.2 Å². The number of rotatable bonds is 4. The van der Waals surface area contributed by atoms with Crippen LogP contribution in [0.1, 0.15) is 24.2 Å². The summed E-state index contributed by atoms with van der Waals surface area (Å²) in [5, 5.41) is 0.885. The van der Waals surface area contributed by atoms with Gasteiger partial charge in [0.25, 0.3) is 0 Å². The maximum absolute atomic E-state index is 13.1. The fourth-order valence-electron chi connectivity index (χ4n) is 3.67. The number of carbonyl (C=O) groups is 1. The number of nitrogens with zero attached hydrogens (tertiary/aromatic N) is 5. The van der Waals surface area contributed by atoms with Gasteiger partial charge in [-0.05, 0) is 26.0 Å². The minimum atomic E-state index is -0.180. The molecule has 1 fully saturated rings. The molecule has 4 heterocycles. The maximum Gasteiger partial charge on any atom is 0.181 e. The van der Waals surface area contributed by atoms with Gasteiger partial charge in [0, 0.05) is 61.4 Å². The van der Waals surface area contributed by atoms with E-state index in [9.17, 15) is 4.79 Å². The zero-order chi connectivity index (χ0) is 18.1. The molecule has 0 amide bonds. The molecule has 134 valence electrons. The minimum Gasteiger partial charge on any atom is -0.350 e. The molecule has 0 aliphatic carbocycles. The summed E-state index contributed by atoms with van der Waals surface area (Å²) in [5.41, 5.74) is 1.47. The number of Topliss-reactive ketones (excluding diaryl/α,β-unsaturated/α-hetero) is 1. The van der Waals surface area contributed by atoms with E-state index < -0.39 is 0 Å². The molecule has 7 heteroatoms. The molecule has 3 aromatic rings. The molecule has 1 aliphatic heterocycles. The van der Waals surface area contributed by atoms with Gasteiger partial charge < -0.3 is 9.88 Å². The number of pyridine rings is 1. The van der Waals surface area contributed by atoms with Crippen LogP contribution in [0.25, 0.3) is 11.0 Å². The predicted molar refractivity (Wildman–Crippen MR) is 100 cm³/mol. The first-order chi connectivity index (χ1) is 12.6. The highest BCUT2D eigenvalue weighted by Gasteiger charge is 2.31. The third kappa shape index (κ3) is 2.94. The van der Waals surface area contributed by atoms with Crippen molar-refractivity contribution in [3.63, 3.8) is 0 Å². The Balaban J connectivity index is 1.49. The Labute approximate surface area is 152 Å². The first-order valence-electron chi connectivity index (χ1n) is 8.88. The van der Waals surface area contributed by atoms with Crippen LogP contribution in [0.15, 0.2) is 43.1 Å². The van der Waals surface area contributed by atoms with Crippen molar-refractivity contribution in [1.29, 1.82) is 0 Å². The fraction of sp³-hybridized carbons (Fsp3) is 0.368. The molecule has 0 aromatic carbocycles. The van der Waals surface area contributed by atoms with Gasteiger partial charge >= 0.3 is 0 Å². The van der Waals surface area contributed by atoms with Crippen LogP contribution >= 0.6 is 0 Å². The summed E-state index contributed by atoms with van der Waals surface area (Å²) in [4.78, 5) is 33.5. The molecule has 2 atom stereocenters. The largest absolute Gasteiger partial charge is 0.350 e. The molecule has 0 saturated carbocycles. The SMILES string of the molecule is CC(C(=O)c1c[nH]c2ncccc12)N1CCN(c2cnccn2)C(C)C1. The second-order valence-corrected chi connectivity index (χ2v) is 6.74. The van der Waals surface area contributed by atoms with E-state index in [0.29, 0.717) is 5.56 Å². The zero-order valence-electron chi connectivity index (χ0n) is 15.0. The van der Waals surface area contributed by atoms with Gasteiger partial charge in [-0.1, -0.05) is 0 Å². The van der Waals surface area contributed by atoms with Crippen LogP contribution in [0, 0.1) is 0 Å². The Morgan fingerprint density at radius 3 is 2.92 bits per heavy atom. The van der Waals surface area contributed by atoms with Crippen molar-refractivity contribution in [2.45, 2.75) is 25.9 Å². The van der Waals surface area contributed by atoms with Crippen molar-refractivity contribution in [2.24, 2.45) is 0 Å². The van der Waals surface area contributed by atoms with Crippen LogP contribution in [0.3, 0.4) is 0 Å². The third-order valence-electron chi connectivity index (χ3n) is 5.15. The summed E-state index contributed by atoms with van der Waals surface area (Å²) in [5.74, 6) is 1.02. The van der Waals surface area contributed by atoms with E-state index in [1.54, 1.807) is 31.0 Å². The van der Waals surface area contributed by atoms with Crippen molar-refractivity contribution in [1.82, 2.24) is 24.8 Å². The fourth-order valence-corrected chi connectivity index (χ4v) is 3.67. The molecule has 26 heavy (non-hydrogen) atoms. The predicted octanol–water partition coefficient (Wildman–Crippen LogP) is 2.13. The first-order valence-corrected chi connectivity index (χ1v) is 8.88. The summed E-state index contributed by atoms with van der Waals surface area (Å²) < 4.78 is 0. The number of carbonyl (C=O) groups excluding carboxylic acids is 1. The summed E-state index contributed by atoms with van der Waals surface area (Å²) in [6.45, 7) is 6.60. The molecule has 4 rings (SSSR count). The smallest absolute Gasteiger partial charge is 0.181 e. The summed E-state index contributed by atoms with van der Waals surface area (Å²) in [7, 11) is 0. The standard InChI is InChI=1S/C19H22N6O/c1-13-12-24(8-9-25(13)17-11-20-6-7-21-17)14(2)18(26)16-10-23-19-15(16)4-3-5-22-19/h3-7,10-11,13-14H,8-9,12H2,1-2H3,(H,22,23). The van der Waals surface area contributed by atoms with Gasteiger partial charge in [-0.2, -0.15) is 0 Å². The molecule has 0 radical (unpaired) electrons. The van der Waals surface area contributed by atoms with Gasteiger partial charge in [-0.15, -0.1) is 0 Å². The second-order valence-electron chi connectivity index (χ2n) is 6.74. The number of hydrogen-bond acceptors (Lipinski definition) is 6. The number of nitrogens with one attached hydrogen (secondary N) is 1. The van der Waals surface area contributed by atoms with Crippen molar-refractivity contribution in [3.05, 3.63) is 48.7 Å². The molecule has 0 bridgehead atoms. The van der Waals surface area contributed by atoms with Crippen LogP contribution < -0.4 is 4.90 Å². The lowest BCUT2D eigenvalue weighted by Gasteiger charge is -2.42. The number of anilines is 1. The zero-order valence-corrected chi connectivity index (χ0v) is 15.0. The summed E-state index contributed by atoms with van der Waals surface area (Å²) in [6, 6.07) is 3.88. The van der Waals surface area contributed by atoms with Crippen molar-refractivity contribution in [3.8, 4) is 0 Å². The molecule has 1 aliphatic rings. The van der Waals surface area contributed by atoms with Crippen LogP contribution in [-0.2, 0) is 0 Å². The quantitative estimate of drug-likeness (QED) is 0.727. The topological polar surface area (TPSA) is 78.0 Å². The van der Waals surface area contributed by atoms with Crippen molar-refractivity contribution < 1.29 is 4.79 Å². The monoisotopic (exact) mass is 350 g/mol. The van der Waals surface area contributed by atoms with Gasteiger partial charge in [0.15, 0.2) is 5.78 Å². The molecule has 7 nitrogen and oxygen atoms in total. The molecular formula is C19H22N6O. The lowest BCUT2D eigenvalue weighted by Crippen LogP contribution is -2.56. The van der Waals surface area contributed by atoms with Gasteiger partial charge in [-0.3, -0.25) is 14.7 Å². The lowest BCUT2D eigenvalue weighted by atomic mass is 10.0. The average Bonchev–Trinajstić information content (AvgIpc) is 3.11. The summed E-state index contributed by atoms with van der Waals surface area (Å²) >= 11 is 0. The van der Waals surface area contributed by atoms with Crippen LogP contribution in [0.4, 0.5) is 5.82 Å². The highest BCUT2D eigenvalue weighted by molar-refractivity contribution is 6.09. The van der Waals surface area contributed by atoms with E-state index in [1.807, 2.05) is 19.1 Å². The second kappa shape index (κ2) is 6.84. The van der Waals surface area contributed by atoms with Crippen molar-refractivity contribution in [2.75, 3.05) is 24.5 Å². The Kier molecular flexibility index (Phi) is 4.38. The molecule has 2 unspecified atom stereocenters. The number of ketones is 1. The van der Waals surface area contributed by atoms with Crippen LogP contribution in [0.2, 0.25) is 0 Å². The Morgan fingerprint density at radius 2 is 2.15 bits per heavy atom. The third-order valence-corrected chi connectivity index (χ3v) is 5.15. The number of fused-ring (bicyclic) bond motifs is 1. The molecule has 1 N–H and O–H groups in total. The molecule has 3 aromatic heterocycles. The van der Waals surface area contributed by atoms with E-state index in [2.05, 4.69) is 36.7 Å². The Morgan fingerprint density at radius 1 is 1.27 bits per heavy atom. The van der Waals surface area contributed by atoms with E-state index in [-0.39, 0.29) is 17.9 Å². The number of hydrogen-bond donors (Lipinski definition) is 1. The average molecular weight is 350 g/mol. The van der Waals surface area contributed by atoms with E-state index >= 15 is 0 Å². The van der Waals surface area contributed by atoms with E-state index in [4.69, 9.17) is 0 Å². The molecule has 0 spiro atoms. The Hall–Kier alpha value is -2.80. The minimum absolute atomic E-state index is 0.129. The highest BCUT2D eigenvalue weighted by atomic mass is 16.1. The normalized spacial score (nSPS) is 19.6. The molecule has 1 saturated heterocycles. The molecular weight excluding hydrogens is 328 g/mol. The number of aromatic nitrogens is 4. The van der Waals surface area contributed by atoms with Crippen LogP contribution in [-0.4, -0.2) is 62.3 Å². The highest BCUT2D eigenvalue weighted by Crippen LogP contribution is 2.22. The maximum atomic E-state index is 13.1.